The van der Waals surface area contributed by atoms with Crippen LogP contribution < -0.4 is 10.1 Å². The number of benzene rings is 1. The third kappa shape index (κ3) is 3.81. The third-order valence-corrected chi connectivity index (χ3v) is 6.05. The first-order valence-corrected chi connectivity index (χ1v) is 9.08. The van der Waals surface area contributed by atoms with E-state index in [0.29, 0.717) is 13.0 Å². The lowest BCUT2D eigenvalue weighted by Crippen LogP contribution is -2.41. The molecular formula is C18H26Cl2N2O2. The smallest absolute Gasteiger partial charge is 0.229 e. The summed E-state index contributed by atoms with van der Waals surface area (Å²) in [5, 5.41) is 3.04. The van der Waals surface area contributed by atoms with E-state index in [4.69, 9.17) is 27.9 Å². The Bertz CT molecular complexity index is 590. The summed E-state index contributed by atoms with van der Waals surface area (Å²) < 4.78 is 4.38. The number of halogens is 2. The van der Waals surface area contributed by atoms with Crippen molar-refractivity contribution < 1.29 is 9.53 Å². The van der Waals surface area contributed by atoms with E-state index < -0.39 is 9.75 Å². The molecule has 1 amide bonds. The van der Waals surface area contributed by atoms with Crippen molar-refractivity contribution in [2.24, 2.45) is 5.41 Å². The van der Waals surface area contributed by atoms with Crippen molar-refractivity contribution >= 4 is 29.1 Å². The molecule has 1 N–H and O–H groups in total. The lowest BCUT2D eigenvalue weighted by molar-refractivity contribution is -0.126. The molecule has 4 nitrogen and oxygen atoms in total. The second-order valence-electron chi connectivity index (χ2n) is 6.44. The summed E-state index contributed by atoms with van der Waals surface area (Å²) in [4.78, 5) is 14.8. The van der Waals surface area contributed by atoms with Crippen LogP contribution in [0, 0.1) is 5.41 Å². The van der Waals surface area contributed by atoms with Gasteiger partial charge >= 0.3 is 0 Å². The summed E-state index contributed by atoms with van der Waals surface area (Å²) in [6, 6.07) is 8.03. The molecule has 24 heavy (non-hydrogen) atoms. The first-order valence-electron chi connectivity index (χ1n) is 8.33. The molecule has 1 aromatic rings. The normalized spacial score (nSPS) is 23.0. The molecule has 0 heterocycles. The minimum atomic E-state index is -0.947. The van der Waals surface area contributed by atoms with Crippen LogP contribution in [0.5, 0.6) is 5.75 Å². The molecular weight excluding hydrogens is 347 g/mol. The van der Waals surface area contributed by atoms with E-state index in [2.05, 4.69) is 30.1 Å². The highest BCUT2D eigenvalue weighted by molar-refractivity contribution is 6.53. The van der Waals surface area contributed by atoms with Crippen LogP contribution in [0.1, 0.15) is 38.8 Å². The zero-order chi connectivity index (χ0) is 18.0. The predicted octanol–water partition coefficient (Wildman–Crippen LogP) is 3.78. The van der Waals surface area contributed by atoms with Crippen LogP contribution in [0.25, 0.3) is 0 Å². The molecule has 0 aromatic heterocycles. The number of nitrogens with one attached hydrogen (secondary N) is 1. The molecule has 1 fully saturated rings. The van der Waals surface area contributed by atoms with Crippen LogP contribution in [-0.2, 0) is 4.79 Å². The largest absolute Gasteiger partial charge is 0.497 e. The van der Waals surface area contributed by atoms with Gasteiger partial charge in [-0.05, 0) is 44.1 Å². The van der Waals surface area contributed by atoms with Crippen molar-refractivity contribution in [3.8, 4) is 5.75 Å². The Labute approximate surface area is 154 Å². The Hall–Kier alpha value is -0.970. The number of likely N-dealkylation sites (N-methyl/N-ethyl adjacent to an activating group) is 1. The number of amides is 1. The molecule has 1 aromatic carbocycles. The van der Waals surface area contributed by atoms with Gasteiger partial charge in [-0.3, -0.25) is 9.69 Å². The van der Waals surface area contributed by atoms with Gasteiger partial charge < -0.3 is 10.1 Å². The Kier molecular flexibility index (Phi) is 6.05. The fourth-order valence-corrected chi connectivity index (χ4v) is 3.71. The fraction of sp³-hybridized carbons (Fsp3) is 0.611. The number of hydrogen-bond acceptors (Lipinski definition) is 3. The average molecular weight is 373 g/mol. The second kappa shape index (κ2) is 7.51. The van der Waals surface area contributed by atoms with E-state index in [1.807, 2.05) is 18.2 Å². The van der Waals surface area contributed by atoms with E-state index in [9.17, 15) is 4.79 Å². The maximum absolute atomic E-state index is 12.5. The molecule has 0 spiro atoms. The van der Waals surface area contributed by atoms with Crippen LogP contribution in [0.15, 0.2) is 24.3 Å². The molecule has 1 saturated carbocycles. The highest BCUT2D eigenvalue weighted by Gasteiger charge is 2.67. The van der Waals surface area contributed by atoms with Gasteiger partial charge in [-0.1, -0.05) is 26.0 Å². The summed E-state index contributed by atoms with van der Waals surface area (Å²) in [5.41, 5.74) is 0.417. The number of methoxy groups -OCH3 is 1. The molecule has 2 unspecified atom stereocenters. The number of alkyl halides is 2. The minimum absolute atomic E-state index is 0.0708. The molecule has 1 aliphatic carbocycles. The van der Waals surface area contributed by atoms with Gasteiger partial charge in [0.15, 0.2) is 0 Å². The fourth-order valence-electron chi connectivity index (χ4n) is 3.00. The molecule has 2 rings (SSSR count). The van der Waals surface area contributed by atoms with Crippen LogP contribution in [-0.4, -0.2) is 41.9 Å². The van der Waals surface area contributed by atoms with E-state index >= 15 is 0 Å². The van der Waals surface area contributed by atoms with E-state index in [1.54, 1.807) is 14.0 Å². The highest BCUT2D eigenvalue weighted by atomic mass is 35.5. The molecule has 0 radical (unpaired) electrons. The summed E-state index contributed by atoms with van der Waals surface area (Å²) in [7, 11) is 1.65. The average Bonchev–Trinajstić information content (AvgIpc) is 3.10. The Balaban J connectivity index is 2.14. The number of rotatable bonds is 8. The maximum Gasteiger partial charge on any atom is 0.229 e. The van der Waals surface area contributed by atoms with Crippen LogP contribution in [0.3, 0.4) is 0 Å². The van der Waals surface area contributed by atoms with Crippen LogP contribution in [0.2, 0.25) is 0 Å². The summed E-state index contributed by atoms with van der Waals surface area (Å²) in [6.45, 7) is 8.32. The number of nitrogens with zero attached hydrogens (tertiary/aromatic N) is 1. The van der Waals surface area contributed by atoms with Crippen molar-refractivity contribution in [3.05, 3.63) is 29.8 Å². The monoisotopic (exact) mass is 372 g/mol. The number of ether oxygens (including phenoxy) is 1. The number of carbonyl (C=O) groups is 1. The summed E-state index contributed by atoms with van der Waals surface area (Å²) in [6.07, 6.45) is 0.490. The number of hydrogen-bond donors (Lipinski definition) is 1. The quantitative estimate of drug-likeness (QED) is 0.706. The first-order chi connectivity index (χ1) is 11.3. The molecule has 6 heteroatoms. The molecule has 0 bridgehead atoms. The van der Waals surface area contributed by atoms with Crippen molar-refractivity contribution in [2.45, 2.75) is 37.6 Å². The van der Waals surface area contributed by atoms with Crippen molar-refractivity contribution in [1.82, 2.24) is 10.2 Å². The van der Waals surface area contributed by atoms with Crippen molar-refractivity contribution in [2.75, 3.05) is 26.7 Å². The SMILES string of the molecule is CCN(CC)C(CNC(=O)C1(C)CC1(Cl)Cl)c1cccc(OC)c1. The zero-order valence-corrected chi connectivity index (χ0v) is 16.2. The van der Waals surface area contributed by atoms with Gasteiger partial charge in [0.05, 0.1) is 18.6 Å². The summed E-state index contributed by atoms with van der Waals surface area (Å²) in [5.74, 6) is 0.721. The van der Waals surface area contributed by atoms with Gasteiger partial charge in [0.1, 0.15) is 10.1 Å². The molecule has 2 atom stereocenters. The first kappa shape index (κ1) is 19.4. The van der Waals surface area contributed by atoms with Gasteiger partial charge in [-0.2, -0.15) is 0 Å². The maximum atomic E-state index is 12.5. The minimum Gasteiger partial charge on any atom is -0.497 e. The van der Waals surface area contributed by atoms with Gasteiger partial charge in [0.25, 0.3) is 0 Å². The molecule has 134 valence electrons. The third-order valence-electron chi connectivity index (χ3n) is 4.95. The van der Waals surface area contributed by atoms with Crippen molar-refractivity contribution in [1.29, 1.82) is 0 Å². The topological polar surface area (TPSA) is 41.6 Å². The van der Waals surface area contributed by atoms with E-state index in [0.717, 1.165) is 24.4 Å². The Morgan fingerprint density at radius 1 is 1.38 bits per heavy atom. The predicted molar refractivity (Wildman–Crippen MR) is 98.8 cm³/mol. The zero-order valence-electron chi connectivity index (χ0n) is 14.7. The second-order valence-corrected chi connectivity index (χ2v) is 7.92. The lowest BCUT2D eigenvalue weighted by atomic mass is 10.0. The Morgan fingerprint density at radius 3 is 2.50 bits per heavy atom. The van der Waals surface area contributed by atoms with Gasteiger partial charge in [-0.15, -0.1) is 23.2 Å². The van der Waals surface area contributed by atoms with E-state index in [-0.39, 0.29) is 11.9 Å². The van der Waals surface area contributed by atoms with Crippen LogP contribution in [0.4, 0.5) is 0 Å². The van der Waals surface area contributed by atoms with E-state index in [1.165, 1.54) is 0 Å². The van der Waals surface area contributed by atoms with Crippen LogP contribution >= 0.6 is 23.2 Å². The summed E-state index contributed by atoms with van der Waals surface area (Å²) >= 11 is 12.2. The molecule has 0 saturated heterocycles. The lowest BCUT2D eigenvalue weighted by Gasteiger charge is -2.31. The Morgan fingerprint density at radius 2 is 2.00 bits per heavy atom. The molecule has 0 aliphatic heterocycles. The van der Waals surface area contributed by atoms with Gasteiger partial charge in [0.2, 0.25) is 5.91 Å². The van der Waals surface area contributed by atoms with Crippen molar-refractivity contribution in [3.63, 3.8) is 0 Å². The van der Waals surface area contributed by atoms with Gasteiger partial charge in [0, 0.05) is 6.54 Å². The molecule has 1 aliphatic rings. The van der Waals surface area contributed by atoms with Gasteiger partial charge in [-0.25, -0.2) is 0 Å². The highest BCUT2D eigenvalue weighted by Crippen LogP contribution is 2.63. The number of carbonyl (C=O) groups excluding carboxylic acids is 1. The standard InChI is InChI=1S/C18H26Cl2N2O2/c1-5-22(6-2)15(13-8-7-9-14(10-13)24-4)11-21-16(23)17(3)12-18(17,19)20/h7-10,15H,5-6,11-12H2,1-4H3,(H,21,23).